The first kappa shape index (κ1) is 22.9. The van der Waals surface area contributed by atoms with E-state index in [2.05, 4.69) is 20.1 Å². The number of aromatic amines is 1. The number of nitrogens with zero attached hydrogens (tertiary/aromatic N) is 4. The molecule has 2 aromatic carbocycles. The Morgan fingerprint density at radius 3 is 2.54 bits per heavy atom. The number of carbonyl (C=O) groups excluding carboxylic acids is 2. The molecule has 35 heavy (non-hydrogen) atoms. The number of alkyl halides is 3. The van der Waals surface area contributed by atoms with Crippen molar-refractivity contribution >= 4 is 28.9 Å². The SMILES string of the molecule is O=C(/C=C/c1ccc(OC(F)(F)F)cc1)N1CCC2CN(C(=O)c3ccc4[nH]nnc4c3)CC2C1. The van der Waals surface area contributed by atoms with Crippen molar-refractivity contribution < 1.29 is 27.5 Å². The van der Waals surface area contributed by atoms with Crippen LogP contribution in [0.25, 0.3) is 17.1 Å². The highest BCUT2D eigenvalue weighted by Crippen LogP contribution is 2.32. The van der Waals surface area contributed by atoms with Crippen LogP contribution in [0.15, 0.2) is 48.5 Å². The molecule has 0 radical (unpaired) electrons. The maximum Gasteiger partial charge on any atom is 0.573 e. The molecule has 1 aromatic heterocycles. The summed E-state index contributed by atoms with van der Waals surface area (Å²) < 4.78 is 40.7. The van der Waals surface area contributed by atoms with Crippen LogP contribution in [0.3, 0.4) is 0 Å². The van der Waals surface area contributed by atoms with Crippen molar-refractivity contribution in [1.29, 1.82) is 0 Å². The van der Waals surface area contributed by atoms with Gasteiger partial charge >= 0.3 is 6.36 Å². The number of fused-ring (bicyclic) bond motifs is 2. The van der Waals surface area contributed by atoms with Gasteiger partial charge in [0.15, 0.2) is 0 Å². The van der Waals surface area contributed by atoms with E-state index < -0.39 is 6.36 Å². The first-order valence-corrected chi connectivity index (χ1v) is 11.2. The fraction of sp³-hybridized carbons (Fsp3) is 0.333. The van der Waals surface area contributed by atoms with E-state index >= 15 is 0 Å². The Morgan fingerprint density at radius 2 is 1.77 bits per heavy atom. The number of rotatable bonds is 4. The standard InChI is InChI=1S/C24H22F3N5O3/c25-24(26,27)35-19-5-1-15(2-6-19)3-8-22(33)31-10-9-17-12-32(14-18(17)13-31)23(34)16-4-7-20-21(11-16)29-30-28-20/h1-8,11,17-18H,9-10,12-14H2,(H,28,29,30)/b8-3+. The summed E-state index contributed by atoms with van der Waals surface area (Å²) in [6.45, 7) is 2.38. The van der Waals surface area contributed by atoms with Crippen molar-refractivity contribution in [3.8, 4) is 5.75 Å². The average Bonchev–Trinajstić information content (AvgIpc) is 3.47. The first-order valence-electron chi connectivity index (χ1n) is 11.2. The Labute approximate surface area is 198 Å². The quantitative estimate of drug-likeness (QED) is 0.572. The highest BCUT2D eigenvalue weighted by Gasteiger charge is 2.40. The number of H-pyrrole nitrogens is 1. The molecule has 3 aromatic rings. The lowest BCUT2D eigenvalue weighted by atomic mass is 9.88. The molecule has 2 amide bonds. The highest BCUT2D eigenvalue weighted by atomic mass is 19.4. The summed E-state index contributed by atoms with van der Waals surface area (Å²) in [7, 11) is 0. The lowest BCUT2D eigenvalue weighted by molar-refractivity contribution is -0.274. The Kier molecular flexibility index (Phi) is 5.91. The number of carbonyl (C=O) groups is 2. The monoisotopic (exact) mass is 485 g/mol. The first-order chi connectivity index (χ1) is 16.7. The summed E-state index contributed by atoms with van der Waals surface area (Å²) in [5, 5.41) is 10.5. The lowest BCUT2D eigenvalue weighted by Crippen LogP contribution is -2.42. The second-order valence-corrected chi connectivity index (χ2v) is 8.80. The minimum absolute atomic E-state index is 0.0555. The van der Waals surface area contributed by atoms with E-state index in [1.54, 1.807) is 29.2 Å². The number of piperidine rings is 1. The van der Waals surface area contributed by atoms with Gasteiger partial charge in [-0.3, -0.25) is 14.7 Å². The molecule has 0 saturated carbocycles. The molecule has 8 nitrogen and oxygen atoms in total. The molecule has 2 saturated heterocycles. The Balaban J connectivity index is 1.17. The second kappa shape index (κ2) is 9.05. The van der Waals surface area contributed by atoms with Gasteiger partial charge < -0.3 is 14.5 Å². The van der Waals surface area contributed by atoms with Crippen molar-refractivity contribution in [3.05, 3.63) is 59.7 Å². The largest absolute Gasteiger partial charge is 0.573 e. The minimum Gasteiger partial charge on any atom is -0.406 e. The molecule has 3 heterocycles. The maximum absolute atomic E-state index is 13.0. The molecular formula is C24H22F3N5O3. The predicted molar refractivity (Wildman–Crippen MR) is 120 cm³/mol. The van der Waals surface area contributed by atoms with E-state index in [4.69, 9.17) is 0 Å². The van der Waals surface area contributed by atoms with Gasteiger partial charge in [0.05, 0.1) is 5.52 Å². The summed E-state index contributed by atoms with van der Waals surface area (Å²) in [4.78, 5) is 29.4. The van der Waals surface area contributed by atoms with Gasteiger partial charge in [0.2, 0.25) is 5.91 Å². The Bertz CT molecular complexity index is 1270. The molecule has 5 rings (SSSR count). The molecular weight excluding hydrogens is 463 g/mol. The summed E-state index contributed by atoms with van der Waals surface area (Å²) >= 11 is 0. The molecule has 0 bridgehead atoms. The fourth-order valence-corrected chi connectivity index (χ4v) is 4.75. The van der Waals surface area contributed by atoms with E-state index in [-0.39, 0.29) is 23.5 Å². The van der Waals surface area contributed by atoms with Crippen LogP contribution in [0.1, 0.15) is 22.3 Å². The van der Waals surface area contributed by atoms with Gasteiger partial charge in [0, 0.05) is 37.8 Å². The number of hydrogen-bond acceptors (Lipinski definition) is 5. The Morgan fingerprint density at radius 1 is 1.03 bits per heavy atom. The van der Waals surface area contributed by atoms with Gasteiger partial charge in [-0.2, -0.15) is 0 Å². The molecule has 2 aliphatic heterocycles. The maximum atomic E-state index is 13.0. The number of benzene rings is 2. The van der Waals surface area contributed by atoms with Crippen molar-refractivity contribution in [2.45, 2.75) is 12.8 Å². The van der Waals surface area contributed by atoms with Crippen LogP contribution in [0.5, 0.6) is 5.75 Å². The van der Waals surface area contributed by atoms with Gasteiger partial charge in [-0.1, -0.05) is 17.3 Å². The van der Waals surface area contributed by atoms with E-state index in [0.717, 1.165) is 11.9 Å². The molecule has 2 unspecified atom stereocenters. The molecule has 11 heteroatoms. The van der Waals surface area contributed by atoms with Gasteiger partial charge in [-0.25, -0.2) is 0 Å². The number of ether oxygens (including phenoxy) is 1. The van der Waals surface area contributed by atoms with E-state index in [1.807, 2.05) is 4.90 Å². The van der Waals surface area contributed by atoms with Crippen LogP contribution in [-0.4, -0.2) is 69.6 Å². The number of hydrogen-bond donors (Lipinski definition) is 1. The fourth-order valence-electron chi connectivity index (χ4n) is 4.75. The zero-order valence-electron chi connectivity index (χ0n) is 18.5. The molecule has 0 spiro atoms. The highest BCUT2D eigenvalue weighted by molar-refractivity contribution is 5.97. The zero-order chi connectivity index (χ0) is 24.6. The second-order valence-electron chi connectivity index (χ2n) is 8.80. The topological polar surface area (TPSA) is 91.4 Å². The average molecular weight is 485 g/mol. The normalized spacial score (nSPS) is 20.4. The zero-order valence-corrected chi connectivity index (χ0v) is 18.5. The van der Waals surface area contributed by atoms with E-state index in [9.17, 15) is 22.8 Å². The lowest BCUT2D eigenvalue weighted by Gasteiger charge is -2.33. The van der Waals surface area contributed by atoms with Crippen LogP contribution >= 0.6 is 0 Å². The minimum atomic E-state index is -4.75. The predicted octanol–water partition coefficient (Wildman–Crippen LogP) is 3.49. The van der Waals surface area contributed by atoms with Crippen LogP contribution in [0, 0.1) is 11.8 Å². The molecule has 1 N–H and O–H groups in total. The van der Waals surface area contributed by atoms with Gasteiger partial charge in [-0.15, -0.1) is 18.3 Å². The van der Waals surface area contributed by atoms with Gasteiger partial charge in [-0.05, 0) is 60.2 Å². The van der Waals surface area contributed by atoms with Crippen LogP contribution in [-0.2, 0) is 4.79 Å². The number of aromatic nitrogens is 3. The summed E-state index contributed by atoms with van der Waals surface area (Å²) in [5.74, 6) is -0.00625. The molecule has 2 fully saturated rings. The summed E-state index contributed by atoms with van der Waals surface area (Å²) in [6.07, 6.45) is -0.953. The third-order valence-corrected chi connectivity index (χ3v) is 6.50. The smallest absolute Gasteiger partial charge is 0.406 e. The summed E-state index contributed by atoms with van der Waals surface area (Å²) in [6, 6.07) is 10.6. The number of likely N-dealkylation sites (tertiary alicyclic amines) is 2. The summed E-state index contributed by atoms with van der Waals surface area (Å²) in [5.41, 5.74) is 2.56. The van der Waals surface area contributed by atoms with Crippen LogP contribution in [0.2, 0.25) is 0 Å². The Hall–Kier alpha value is -3.89. The molecule has 182 valence electrons. The number of nitrogens with one attached hydrogen (secondary N) is 1. The van der Waals surface area contributed by atoms with Crippen LogP contribution in [0.4, 0.5) is 13.2 Å². The number of halogens is 3. The van der Waals surface area contributed by atoms with Crippen molar-refractivity contribution in [2.75, 3.05) is 26.2 Å². The van der Waals surface area contributed by atoms with Crippen molar-refractivity contribution in [3.63, 3.8) is 0 Å². The van der Waals surface area contributed by atoms with Crippen molar-refractivity contribution in [1.82, 2.24) is 25.2 Å². The molecule has 2 atom stereocenters. The molecule has 0 aliphatic carbocycles. The van der Waals surface area contributed by atoms with E-state index in [1.165, 1.54) is 30.3 Å². The van der Waals surface area contributed by atoms with E-state index in [0.29, 0.717) is 48.7 Å². The third-order valence-electron chi connectivity index (χ3n) is 6.50. The van der Waals surface area contributed by atoms with Gasteiger partial charge in [0.1, 0.15) is 11.3 Å². The van der Waals surface area contributed by atoms with Crippen molar-refractivity contribution in [2.24, 2.45) is 11.8 Å². The third kappa shape index (κ3) is 5.13. The van der Waals surface area contributed by atoms with Crippen LogP contribution < -0.4 is 4.74 Å². The van der Waals surface area contributed by atoms with Gasteiger partial charge in [0.25, 0.3) is 5.91 Å². The molecule has 2 aliphatic rings. The number of amides is 2.